The largest absolute Gasteiger partial charge is 0.295 e. The summed E-state index contributed by atoms with van der Waals surface area (Å²) in [6, 6.07) is 4.71. The van der Waals surface area contributed by atoms with E-state index in [2.05, 4.69) is 4.98 Å². The van der Waals surface area contributed by atoms with Gasteiger partial charge < -0.3 is 0 Å². The van der Waals surface area contributed by atoms with Gasteiger partial charge in [-0.1, -0.05) is 26.0 Å². The van der Waals surface area contributed by atoms with Crippen LogP contribution in [0.5, 0.6) is 0 Å². The third kappa shape index (κ3) is 2.81. The average Bonchev–Trinajstić information content (AvgIpc) is 2.30. The number of hydrogen-bond donors (Lipinski definition) is 1. The van der Waals surface area contributed by atoms with Crippen molar-refractivity contribution in [2.75, 3.05) is 0 Å². The monoisotopic (exact) mass is 253 g/mol. The van der Waals surface area contributed by atoms with Gasteiger partial charge >= 0.3 is 0 Å². The summed E-state index contributed by atoms with van der Waals surface area (Å²) in [4.78, 5) is 3.89. The molecule has 1 aromatic heterocycles. The Morgan fingerprint density at radius 1 is 1.18 bits per heavy atom. The molecule has 0 saturated heterocycles. The number of rotatable bonds is 1. The van der Waals surface area contributed by atoms with Crippen LogP contribution in [0.1, 0.15) is 19.4 Å². The van der Waals surface area contributed by atoms with E-state index in [1.807, 2.05) is 13.8 Å². The third-order valence-electron chi connectivity index (χ3n) is 2.21. The van der Waals surface area contributed by atoms with Crippen LogP contribution in [0.2, 0.25) is 0 Å². The summed E-state index contributed by atoms with van der Waals surface area (Å²) in [5.41, 5.74) is 0.723. The minimum atomic E-state index is -4.18. The lowest BCUT2D eigenvalue weighted by atomic mass is 10.1. The Hall–Kier alpha value is -1.46. The van der Waals surface area contributed by atoms with Crippen molar-refractivity contribution in [2.24, 2.45) is 0 Å². The van der Waals surface area contributed by atoms with Gasteiger partial charge in [0.05, 0.1) is 0 Å². The zero-order valence-electron chi connectivity index (χ0n) is 10.0. The molecule has 0 unspecified atom stereocenters. The number of fused-ring (bicyclic) bond motifs is 1. The van der Waals surface area contributed by atoms with Gasteiger partial charge in [-0.3, -0.25) is 9.54 Å². The summed E-state index contributed by atoms with van der Waals surface area (Å²) in [7, 11) is -4.18. The minimum Gasteiger partial charge on any atom is -0.282 e. The Bertz CT molecular complexity index is 615. The van der Waals surface area contributed by atoms with E-state index in [1.54, 1.807) is 31.5 Å². The number of nitrogens with zero attached hydrogens (tertiary/aromatic N) is 1. The average molecular weight is 253 g/mol. The maximum absolute atomic E-state index is 11.1. The SMILES string of the molecule is CC.Cc1cncc2cccc(S(=O)(=O)O)c12. The van der Waals surface area contributed by atoms with Crippen LogP contribution in [-0.2, 0) is 10.1 Å². The second kappa shape index (κ2) is 5.25. The molecular formula is C12H15NO3S. The fourth-order valence-corrected chi connectivity index (χ4v) is 2.37. The third-order valence-corrected chi connectivity index (χ3v) is 3.11. The van der Waals surface area contributed by atoms with Gasteiger partial charge in [0, 0.05) is 23.2 Å². The molecular weight excluding hydrogens is 238 g/mol. The van der Waals surface area contributed by atoms with Crippen molar-refractivity contribution in [3.8, 4) is 0 Å². The van der Waals surface area contributed by atoms with Gasteiger partial charge in [-0.05, 0) is 18.6 Å². The molecule has 0 aliphatic carbocycles. The molecule has 1 N–H and O–H groups in total. The highest BCUT2D eigenvalue weighted by atomic mass is 32.2. The summed E-state index contributed by atoms with van der Waals surface area (Å²) in [6.45, 7) is 5.75. The standard InChI is InChI=1S/C10H9NO3S.C2H6/c1-7-5-11-6-8-3-2-4-9(10(7)8)15(12,13)14;1-2/h2-6H,1H3,(H,12,13,14);1-2H3. The Kier molecular flexibility index (Phi) is 4.20. The first kappa shape index (κ1) is 13.6. The quantitative estimate of drug-likeness (QED) is 0.793. The maximum Gasteiger partial charge on any atom is 0.295 e. The Labute approximate surface area is 101 Å². The molecule has 0 bridgehead atoms. The van der Waals surface area contributed by atoms with Gasteiger partial charge in [0.2, 0.25) is 0 Å². The minimum absolute atomic E-state index is 0.0695. The Morgan fingerprint density at radius 3 is 2.41 bits per heavy atom. The number of hydrogen-bond acceptors (Lipinski definition) is 3. The van der Waals surface area contributed by atoms with E-state index in [1.165, 1.54) is 6.07 Å². The molecule has 17 heavy (non-hydrogen) atoms. The zero-order valence-corrected chi connectivity index (χ0v) is 10.8. The highest BCUT2D eigenvalue weighted by molar-refractivity contribution is 7.86. The normalized spacial score (nSPS) is 10.8. The van der Waals surface area contributed by atoms with Crippen molar-refractivity contribution in [3.05, 3.63) is 36.2 Å². The smallest absolute Gasteiger partial charge is 0.282 e. The molecule has 0 saturated carbocycles. The first-order chi connectivity index (χ1) is 8.00. The Morgan fingerprint density at radius 2 is 1.82 bits per heavy atom. The summed E-state index contributed by atoms with van der Waals surface area (Å²) in [5.74, 6) is 0. The van der Waals surface area contributed by atoms with Crippen LogP contribution in [0.15, 0.2) is 35.5 Å². The van der Waals surface area contributed by atoms with Gasteiger partial charge in [-0.25, -0.2) is 0 Å². The lowest BCUT2D eigenvalue weighted by Crippen LogP contribution is -2.00. The zero-order chi connectivity index (χ0) is 13.1. The molecule has 1 aromatic carbocycles. The van der Waals surface area contributed by atoms with Gasteiger partial charge in [-0.2, -0.15) is 8.42 Å². The first-order valence-electron chi connectivity index (χ1n) is 5.31. The molecule has 0 spiro atoms. The second-order valence-corrected chi connectivity index (χ2v) is 4.68. The molecule has 2 rings (SSSR count). The first-order valence-corrected chi connectivity index (χ1v) is 6.75. The summed E-state index contributed by atoms with van der Waals surface area (Å²) in [6.07, 6.45) is 3.13. The van der Waals surface area contributed by atoms with Crippen LogP contribution >= 0.6 is 0 Å². The predicted molar refractivity (Wildman–Crippen MR) is 67.6 cm³/mol. The Balaban J connectivity index is 0.000000686. The van der Waals surface area contributed by atoms with Crippen LogP contribution in [0.25, 0.3) is 10.8 Å². The molecule has 2 aromatic rings. The second-order valence-electron chi connectivity index (χ2n) is 3.29. The predicted octanol–water partition coefficient (Wildman–Crippen LogP) is 2.82. The van der Waals surface area contributed by atoms with E-state index in [9.17, 15) is 8.42 Å². The highest BCUT2D eigenvalue weighted by Gasteiger charge is 2.14. The number of aryl methyl sites for hydroxylation is 1. The molecule has 0 radical (unpaired) electrons. The molecule has 5 heteroatoms. The van der Waals surface area contributed by atoms with Crippen LogP contribution < -0.4 is 0 Å². The van der Waals surface area contributed by atoms with Crippen LogP contribution in [-0.4, -0.2) is 18.0 Å². The van der Waals surface area contributed by atoms with E-state index in [-0.39, 0.29) is 4.90 Å². The summed E-state index contributed by atoms with van der Waals surface area (Å²) in [5, 5.41) is 1.22. The highest BCUT2D eigenvalue weighted by Crippen LogP contribution is 2.24. The van der Waals surface area contributed by atoms with E-state index >= 15 is 0 Å². The van der Waals surface area contributed by atoms with Crippen molar-refractivity contribution < 1.29 is 13.0 Å². The number of pyridine rings is 1. The summed E-state index contributed by atoms with van der Waals surface area (Å²) < 4.78 is 31.3. The topological polar surface area (TPSA) is 67.3 Å². The van der Waals surface area contributed by atoms with Crippen LogP contribution in [0, 0.1) is 6.92 Å². The van der Waals surface area contributed by atoms with Crippen molar-refractivity contribution in [2.45, 2.75) is 25.7 Å². The molecule has 0 atom stereocenters. The molecule has 4 nitrogen and oxygen atoms in total. The fraction of sp³-hybridized carbons (Fsp3) is 0.250. The lowest BCUT2D eigenvalue weighted by Gasteiger charge is -2.05. The van der Waals surface area contributed by atoms with Crippen molar-refractivity contribution in [1.29, 1.82) is 0 Å². The van der Waals surface area contributed by atoms with E-state index in [0.717, 1.165) is 5.56 Å². The van der Waals surface area contributed by atoms with Gasteiger partial charge in [0.15, 0.2) is 0 Å². The summed E-state index contributed by atoms with van der Waals surface area (Å²) >= 11 is 0. The van der Waals surface area contributed by atoms with Crippen molar-refractivity contribution in [1.82, 2.24) is 4.98 Å². The number of benzene rings is 1. The van der Waals surface area contributed by atoms with E-state index < -0.39 is 10.1 Å². The molecule has 0 fully saturated rings. The van der Waals surface area contributed by atoms with E-state index in [4.69, 9.17) is 4.55 Å². The van der Waals surface area contributed by atoms with E-state index in [0.29, 0.717) is 10.8 Å². The van der Waals surface area contributed by atoms with Gasteiger partial charge in [0.1, 0.15) is 4.90 Å². The maximum atomic E-state index is 11.1. The lowest BCUT2D eigenvalue weighted by molar-refractivity contribution is 0.484. The van der Waals surface area contributed by atoms with Gasteiger partial charge in [-0.15, -0.1) is 0 Å². The molecule has 0 amide bonds. The van der Waals surface area contributed by atoms with Gasteiger partial charge in [0.25, 0.3) is 10.1 Å². The fourth-order valence-electron chi connectivity index (χ4n) is 1.59. The van der Waals surface area contributed by atoms with Crippen molar-refractivity contribution in [3.63, 3.8) is 0 Å². The molecule has 92 valence electrons. The van der Waals surface area contributed by atoms with Crippen LogP contribution in [0.3, 0.4) is 0 Å². The number of aromatic nitrogens is 1. The van der Waals surface area contributed by atoms with Crippen LogP contribution in [0.4, 0.5) is 0 Å². The molecule has 0 aliphatic rings. The molecule has 1 heterocycles. The molecule has 0 aliphatic heterocycles. The van der Waals surface area contributed by atoms with Crippen molar-refractivity contribution >= 4 is 20.9 Å².